The van der Waals surface area contributed by atoms with Crippen molar-refractivity contribution < 1.29 is 42.9 Å². The zero-order chi connectivity index (χ0) is 24.3. The second-order valence-corrected chi connectivity index (χ2v) is 8.12. The molecule has 0 bridgehead atoms. The average molecular weight is 546 g/mol. The second-order valence-electron chi connectivity index (χ2n) is 6.11. The molecule has 31 heavy (non-hydrogen) atoms. The summed E-state index contributed by atoms with van der Waals surface area (Å²) in [7, 11) is 1.12. The smallest absolute Gasteiger partial charge is 0.339 e. The Balaban J connectivity index is 0.000000954. The highest BCUT2D eigenvalue weighted by molar-refractivity contribution is 9.09. The third kappa shape index (κ3) is 10.1. The summed E-state index contributed by atoms with van der Waals surface area (Å²) in [6.07, 6.45) is -5.06. The van der Waals surface area contributed by atoms with Gasteiger partial charge in [-0.2, -0.15) is 0 Å². The van der Waals surface area contributed by atoms with Gasteiger partial charge in [0.05, 0.1) is 7.11 Å². The summed E-state index contributed by atoms with van der Waals surface area (Å²) in [4.78, 5) is 47.8. The van der Waals surface area contributed by atoms with Crippen LogP contribution in [0, 0.1) is 0 Å². The maximum Gasteiger partial charge on any atom is 0.339 e. The molecule has 0 aliphatic carbocycles. The minimum atomic E-state index is -1.36. The lowest BCUT2D eigenvalue weighted by atomic mass is 9.99. The minimum absolute atomic E-state index is 0.668. The van der Waals surface area contributed by atoms with Gasteiger partial charge in [-0.3, -0.25) is 14.4 Å². The van der Waals surface area contributed by atoms with Crippen LogP contribution in [0.4, 0.5) is 0 Å². The van der Waals surface area contributed by atoms with Gasteiger partial charge in [-0.15, -0.1) is 12.6 Å². The molecule has 0 N–H and O–H groups in total. The zero-order valence-electron chi connectivity index (χ0n) is 18.2. The number of nitrogens with zero attached hydrogens (tertiary/aromatic N) is 1. The SMILES string of the molecule is CCN(CC)C(=S)S.COC(=O)[C@H]1O[C@H](Br)[C@H](OC(C)=O)[C@@H](OC(C)=O)[C@@H]1OC(C)=O. The fraction of sp³-hybridized carbons (Fsp3) is 0.722. The van der Waals surface area contributed by atoms with E-state index in [1.807, 2.05) is 4.90 Å². The molecule has 0 spiro atoms. The molecule has 1 saturated heterocycles. The van der Waals surface area contributed by atoms with Crippen LogP contribution in [-0.2, 0) is 42.9 Å². The van der Waals surface area contributed by atoms with Gasteiger partial charge in [0.25, 0.3) is 0 Å². The Kier molecular flexibility index (Phi) is 13.9. The first kappa shape index (κ1) is 29.6. The molecule has 0 aromatic heterocycles. The van der Waals surface area contributed by atoms with Crippen LogP contribution in [0.2, 0.25) is 0 Å². The van der Waals surface area contributed by atoms with E-state index in [9.17, 15) is 19.2 Å². The third-order valence-electron chi connectivity index (χ3n) is 3.85. The van der Waals surface area contributed by atoms with Crippen LogP contribution in [-0.4, -0.2) is 82.7 Å². The third-order valence-corrected chi connectivity index (χ3v) is 5.13. The van der Waals surface area contributed by atoms with Crippen molar-refractivity contribution in [2.75, 3.05) is 20.2 Å². The van der Waals surface area contributed by atoms with Crippen LogP contribution in [0.3, 0.4) is 0 Å². The van der Waals surface area contributed by atoms with Crippen molar-refractivity contribution in [1.29, 1.82) is 0 Å². The van der Waals surface area contributed by atoms with E-state index >= 15 is 0 Å². The lowest BCUT2D eigenvalue weighted by Gasteiger charge is -2.41. The van der Waals surface area contributed by atoms with Gasteiger partial charge in [-0.05, 0) is 13.8 Å². The molecule has 0 amide bonds. The van der Waals surface area contributed by atoms with E-state index in [2.05, 4.69) is 47.1 Å². The fourth-order valence-corrected chi connectivity index (χ4v) is 3.74. The summed E-state index contributed by atoms with van der Waals surface area (Å²) in [5, 5.41) is -0.980. The molecular formula is C18H28BrNO9S2. The molecule has 0 aromatic carbocycles. The maximum atomic E-state index is 11.9. The Morgan fingerprint density at radius 1 is 0.935 bits per heavy atom. The first-order chi connectivity index (χ1) is 14.4. The van der Waals surface area contributed by atoms with Gasteiger partial charge in [0.1, 0.15) is 4.32 Å². The number of alkyl halides is 1. The normalized spacial score (nSPS) is 24.6. The van der Waals surface area contributed by atoms with Gasteiger partial charge in [0, 0.05) is 33.9 Å². The molecule has 0 radical (unpaired) electrons. The summed E-state index contributed by atoms with van der Waals surface area (Å²) < 4.78 is 25.9. The number of thiocarbonyl (C=S) groups is 1. The van der Waals surface area contributed by atoms with E-state index in [0.717, 1.165) is 41.0 Å². The van der Waals surface area contributed by atoms with Gasteiger partial charge in [0.15, 0.2) is 29.4 Å². The molecule has 13 heteroatoms. The lowest BCUT2D eigenvalue weighted by Crippen LogP contribution is -2.61. The van der Waals surface area contributed by atoms with E-state index in [4.69, 9.17) is 31.2 Å². The fourth-order valence-electron chi connectivity index (χ4n) is 2.56. The maximum absolute atomic E-state index is 11.9. The number of hydrogen-bond acceptors (Lipinski definition) is 10. The van der Waals surface area contributed by atoms with Gasteiger partial charge in [0.2, 0.25) is 0 Å². The van der Waals surface area contributed by atoms with E-state index in [1.54, 1.807) is 0 Å². The highest BCUT2D eigenvalue weighted by Crippen LogP contribution is 2.32. The summed E-state index contributed by atoms with van der Waals surface area (Å²) in [5.41, 5.74) is 0. The van der Waals surface area contributed by atoms with Gasteiger partial charge < -0.3 is 28.6 Å². The molecule has 5 atom stereocenters. The predicted molar refractivity (Wildman–Crippen MR) is 121 cm³/mol. The molecule has 178 valence electrons. The second kappa shape index (κ2) is 14.6. The Hall–Kier alpha value is -1.44. The number of methoxy groups -OCH3 is 1. The van der Waals surface area contributed by atoms with Crippen molar-refractivity contribution in [3.8, 4) is 0 Å². The average Bonchev–Trinajstić information content (AvgIpc) is 2.66. The standard InChI is InChI=1S/C13H17BrO9.C5H11NS2/c1-5(15)20-8-9(21-6(2)16)11(13(18)19-4)23-12(14)10(8)22-7(3)17;1-3-6(4-2)5(7)8/h8-12H,1-4H3;3-4H2,1-2H3,(H,7,8)/t8-,9-,10+,11-,12-;/m0./s1. The van der Waals surface area contributed by atoms with Crippen molar-refractivity contribution in [2.45, 2.75) is 64.0 Å². The van der Waals surface area contributed by atoms with E-state index in [1.165, 1.54) is 0 Å². The quantitative estimate of drug-likeness (QED) is 0.172. The van der Waals surface area contributed by atoms with Crippen molar-refractivity contribution in [3.05, 3.63) is 0 Å². The molecule has 1 rings (SSSR count). The highest BCUT2D eigenvalue weighted by atomic mass is 79.9. The van der Waals surface area contributed by atoms with Crippen LogP contribution < -0.4 is 0 Å². The van der Waals surface area contributed by atoms with Gasteiger partial charge in [-0.1, -0.05) is 28.1 Å². The van der Waals surface area contributed by atoms with Crippen LogP contribution in [0.25, 0.3) is 0 Å². The molecule has 1 aliphatic rings. The summed E-state index contributed by atoms with van der Waals surface area (Å²) in [6, 6.07) is 0. The summed E-state index contributed by atoms with van der Waals surface area (Å²) in [6.45, 7) is 9.43. The molecule has 10 nitrogen and oxygen atoms in total. The number of carbonyl (C=O) groups is 4. The van der Waals surface area contributed by atoms with Crippen molar-refractivity contribution in [3.63, 3.8) is 0 Å². The number of rotatable bonds is 6. The Bertz CT molecular complexity index is 660. The first-order valence-electron chi connectivity index (χ1n) is 9.26. The predicted octanol–water partition coefficient (Wildman–Crippen LogP) is 1.62. The van der Waals surface area contributed by atoms with Crippen molar-refractivity contribution >= 4 is 69.0 Å². The minimum Gasteiger partial charge on any atom is -0.467 e. The van der Waals surface area contributed by atoms with Crippen LogP contribution in [0.5, 0.6) is 0 Å². The molecule has 0 unspecified atom stereocenters. The van der Waals surface area contributed by atoms with Gasteiger partial charge in [-0.25, -0.2) is 4.79 Å². The number of ether oxygens (including phenoxy) is 5. The molecular weight excluding hydrogens is 518 g/mol. The van der Waals surface area contributed by atoms with E-state index in [-0.39, 0.29) is 0 Å². The van der Waals surface area contributed by atoms with E-state index in [0.29, 0.717) is 4.32 Å². The first-order valence-corrected chi connectivity index (χ1v) is 11.0. The monoisotopic (exact) mass is 545 g/mol. The number of hydrogen-bond donors (Lipinski definition) is 1. The highest BCUT2D eigenvalue weighted by Gasteiger charge is 2.53. The van der Waals surface area contributed by atoms with E-state index < -0.39 is 53.3 Å². The number of esters is 4. The van der Waals surface area contributed by atoms with Crippen molar-refractivity contribution in [1.82, 2.24) is 4.90 Å². The van der Waals surface area contributed by atoms with Crippen molar-refractivity contribution in [2.24, 2.45) is 0 Å². The largest absolute Gasteiger partial charge is 0.467 e. The van der Waals surface area contributed by atoms with Crippen LogP contribution in [0.15, 0.2) is 0 Å². The topological polar surface area (TPSA) is 118 Å². The molecule has 1 fully saturated rings. The molecule has 0 aromatic rings. The summed E-state index contributed by atoms with van der Waals surface area (Å²) in [5.74, 6) is -2.95. The zero-order valence-corrected chi connectivity index (χ0v) is 21.5. The number of halogens is 1. The van der Waals surface area contributed by atoms with Gasteiger partial charge >= 0.3 is 23.9 Å². The molecule has 0 saturated carbocycles. The molecule has 1 heterocycles. The Morgan fingerprint density at radius 2 is 1.35 bits per heavy atom. The Morgan fingerprint density at radius 3 is 1.68 bits per heavy atom. The Labute approximate surface area is 200 Å². The molecule has 1 aliphatic heterocycles. The van der Waals surface area contributed by atoms with Crippen LogP contribution in [0.1, 0.15) is 34.6 Å². The summed E-state index contributed by atoms with van der Waals surface area (Å²) >= 11 is 11.9. The number of carbonyl (C=O) groups excluding carboxylic acids is 4. The van der Waals surface area contributed by atoms with Crippen LogP contribution >= 0.6 is 40.8 Å². The number of thiol groups is 1. The lowest BCUT2D eigenvalue weighted by molar-refractivity contribution is -0.234.